The third-order valence-electron chi connectivity index (χ3n) is 3.29. The first kappa shape index (κ1) is 14.1. The molecule has 0 saturated heterocycles. The van der Waals surface area contributed by atoms with E-state index in [2.05, 4.69) is 16.0 Å². The zero-order valence-corrected chi connectivity index (χ0v) is 12.5. The van der Waals surface area contributed by atoms with Crippen molar-refractivity contribution < 1.29 is 4.39 Å². The van der Waals surface area contributed by atoms with Crippen molar-refractivity contribution in [3.05, 3.63) is 59.4 Å². The van der Waals surface area contributed by atoms with Crippen LogP contribution < -0.4 is 5.73 Å². The number of nitrogens with zero attached hydrogens (tertiary/aromatic N) is 1. The molecular weight excluding hydrogens is 285 g/mol. The fraction of sp³-hybridized carbons (Fsp3) is 0.188. The quantitative estimate of drug-likeness (QED) is 0.721. The molecule has 0 aliphatic carbocycles. The monoisotopic (exact) mass is 301 g/mol. The van der Waals surface area contributed by atoms with E-state index in [0.717, 1.165) is 21.8 Å². The van der Waals surface area contributed by atoms with Gasteiger partial charge in [0, 0.05) is 11.8 Å². The van der Waals surface area contributed by atoms with Crippen molar-refractivity contribution in [1.29, 1.82) is 0 Å². The summed E-state index contributed by atoms with van der Waals surface area (Å²) in [7, 11) is 0. The first-order valence-corrected chi connectivity index (χ1v) is 7.70. The molecule has 0 aliphatic rings. The van der Waals surface area contributed by atoms with Crippen molar-refractivity contribution in [2.45, 2.75) is 18.1 Å². The van der Waals surface area contributed by atoms with Crippen LogP contribution in [0.2, 0.25) is 0 Å². The summed E-state index contributed by atoms with van der Waals surface area (Å²) in [5, 5.41) is 0.836. The number of aromatic amines is 1. The van der Waals surface area contributed by atoms with Gasteiger partial charge in [0.1, 0.15) is 5.82 Å². The van der Waals surface area contributed by atoms with Gasteiger partial charge in [-0.05, 0) is 42.3 Å². The maximum absolute atomic E-state index is 13.2. The van der Waals surface area contributed by atoms with Crippen LogP contribution in [0.1, 0.15) is 17.2 Å². The van der Waals surface area contributed by atoms with Gasteiger partial charge in [-0.15, -0.1) is 0 Å². The molecule has 0 spiro atoms. The Labute approximate surface area is 126 Å². The lowest BCUT2D eigenvalue weighted by Crippen LogP contribution is -2.13. The Morgan fingerprint density at radius 3 is 2.95 bits per heavy atom. The largest absolute Gasteiger partial charge is 0.333 e. The summed E-state index contributed by atoms with van der Waals surface area (Å²) in [6.07, 6.45) is 0. The Morgan fingerprint density at radius 2 is 2.14 bits per heavy atom. The SMILES string of the molecule is Cc1ccc2nc(SCC(N)c3cccc(F)c3)[nH]c2c1. The van der Waals surface area contributed by atoms with Crippen LogP contribution in [-0.4, -0.2) is 15.7 Å². The second kappa shape index (κ2) is 5.87. The fourth-order valence-electron chi connectivity index (χ4n) is 2.17. The molecule has 0 radical (unpaired) electrons. The molecule has 5 heteroatoms. The molecule has 1 aromatic heterocycles. The number of H-pyrrole nitrogens is 1. The second-order valence-corrected chi connectivity index (χ2v) is 6.04. The topological polar surface area (TPSA) is 54.7 Å². The van der Waals surface area contributed by atoms with E-state index >= 15 is 0 Å². The van der Waals surface area contributed by atoms with E-state index in [4.69, 9.17) is 5.73 Å². The Balaban J connectivity index is 1.71. The molecular formula is C16H16FN3S. The maximum atomic E-state index is 13.2. The number of nitrogens with two attached hydrogens (primary N) is 1. The molecule has 0 aliphatic heterocycles. The number of fused-ring (bicyclic) bond motifs is 1. The van der Waals surface area contributed by atoms with Crippen molar-refractivity contribution in [2.24, 2.45) is 5.73 Å². The number of thioether (sulfide) groups is 1. The Kier molecular flexibility index (Phi) is 3.94. The number of rotatable bonds is 4. The van der Waals surface area contributed by atoms with Gasteiger partial charge < -0.3 is 10.7 Å². The van der Waals surface area contributed by atoms with E-state index < -0.39 is 0 Å². The minimum absolute atomic E-state index is 0.222. The van der Waals surface area contributed by atoms with Crippen molar-refractivity contribution >= 4 is 22.8 Å². The van der Waals surface area contributed by atoms with Crippen LogP contribution in [0.5, 0.6) is 0 Å². The van der Waals surface area contributed by atoms with Crippen LogP contribution in [-0.2, 0) is 0 Å². The van der Waals surface area contributed by atoms with Crippen LogP contribution >= 0.6 is 11.8 Å². The molecule has 3 N–H and O–H groups in total. The normalized spacial score (nSPS) is 12.7. The van der Waals surface area contributed by atoms with E-state index in [1.165, 1.54) is 17.7 Å². The van der Waals surface area contributed by atoms with Crippen molar-refractivity contribution in [3.63, 3.8) is 0 Å². The Hall–Kier alpha value is -1.85. The van der Waals surface area contributed by atoms with E-state index in [0.29, 0.717) is 5.75 Å². The average molecular weight is 301 g/mol. The first-order valence-electron chi connectivity index (χ1n) is 6.72. The van der Waals surface area contributed by atoms with Crippen molar-refractivity contribution in [1.82, 2.24) is 9.97 Å². The third kappa shape index (κ3) is 3.25. The van der Waals surface area contributed by atoms with Gasteiger partial charge in [0.25, 0.3) is 0 Å². The predicted octanol–water partition coefficient (Wildman–Crippen LogP) is 3.80. The highest BCUT2D eigenvalue weighted by Crippen LogP contribution is 2.24. The second-order valence-electron chi connectivity index (χ2n) is 5.04. The summed E-state index contributed by atoms with van der Waals surface area (Å²) in [5.41, 5.74) is 10.1. The molecule has 21 heavy (non-hydrogen) atoms. The lowest BCUT2D eigenvalue weighted by atomic mass is 10.1. The van der Waals surface area contributed by atoms with Gasteiger partial charge in [-0.25, -0.2) is 9.37 Å². The van der Waals surface area contributed by atoms with Gasteiger partial charge in [0.15, 0.2) is 5.16 Å². The molecule has 1 unspecified atom stereocenters. The summed E-state index contributed by atoms with van der Waals surface area (Å²) in [4.78, 5) is 7.79. The zero-order valence-electron chi connectivity index (χ0n) is 11.6. The zero-order chi connectivity index (χ0) is 14.8. The third-order valence-corrected chi connectivity index (χ3v) is 4.28. The number of hydrogen-bond acceptors (Lipinski definition) is 3. The number of nitrogens with one attached hydrogen (secondary N) is 1. The fourth-order valence-corrected chi connectivity index (χ4v) is 3.05. The average Bonchev–Trinajstić information content (AvgIpc) is 2.86. The van der Waals surface area contributed by atoms with Gasteiger partial charge in [-0.1, -0.05) is 30.0 Å². The summed E-state index contributed by atoms with van der Waals surface area (Å²) in [5.74, 6) is 0.384. The van der Waals surface area contributed by atoms with Crippen LogP contribution in [0.15, 0.2) is 47.6 Å². The van der Waals surface area contributed by atoms with E-state index in [-0.39, 0.29) is 11.9 Å². The number of benzene rings is 2. The molecule has 1 heterocycles. The maximum Gasteiger partial charge on any atom is 0.166 e. The van der Waals surface area contributed by atoms with Gasteiger partial charge in [-0.2, -0.15) is 0 Å². The Bertz CT molecular complexity index is 769. The molecule has 0 saturated carbocycles. The smallest absolute Gasteiger partial charge is 0.166 e. The van der Waals surface area contributed by atoms with Crippen molar-refractivity contribution in [2.75, 3.05) is 5.75 Å². The highest BCUT2D eigenvalue weighted by Gasteiger charge is 2.10. The summed E-state index contributed by atoms with van der Waals surface area (Å²) < 4.78 is 13.2. The molecule has 108 valence electrons. The standard InChI is InChI=1S/C16H16FN3S/c1-10-5-6-14-15(7-10)20-16(19-14)21-9-13(18)11-3-2-4-12(17)8-11/h2-8,13H,9,18H2,1H3,(H,19,20). The molecule has 3 rings (SSSR count). The van der Waals surface area contributed by atoms with E-state index in [9.17, 15) is 4.39 Å². The molecule has 3 nitrogen and oxygen atoms in total. The number of halogens is 1. The lowest BCUT2D eigenvalue weighted by molar-refractivity contribution is 0.622. The van der Waals surface area contributed by atoms with Crippen LogP contribution in [0.25, 0.3) is 11.0 Å². The molecule has 1 atom stereocenters. The minimum atomic E-state index is -0.257. The van der Waals surface area contributed by atoms with E-state index in [1.54, 1.807) is 17.8 Å². The number of hydrogen-bond donors (Lipinski definition) is 2. The number of aromatic nitrogens is 2. The highest BCUT2D eigenvalue weighted by atomic mass is 32.2. The summed E-state index contributed by atoms with van der Waals surface area (Å²) in [6, 6.07) is 12.3. The lowest BCUT2D eigenvalue weighted by Gasteiger charge is -2.10. The summed E-state index contributed by atoms with van der Waals surface area (Å²) >= 11 is 1.55. The predicted molar refractivity (Wildman–Crippen MR) is 84.9 cm³/mol. The van der Waals surface area contributed by atoms with Crippen LogP contribution in [0.4, 0.5) is 4.39 Å². The number of imidazole rings is 1. The molecule has 0 fully saturated rings. The highest BCUT2D eigenvalue weighted by molar-refractivity contribution is 7.99. The molecule has 0 amide bonds. The van der Waals surface area contributed by atoms with Crippen LogP contribution in [0, 0.1) is 12.7 Å². The first-order chi connectivity index (χ1) is 10.1. The van der Waals surface area contributed by atoms with E-state index in [1.807, 2.05) is 25.1 Å². The molecule has 3 aromatic rings. The van der Waals surface area contributed by atoms with Gasteiger partial charge in [-0.3, -0.25) is 0 Å². The molecule has 0 bridgehead atoms. The van der Waals surface area contributed by atoms with Crippen molar-refractivity contribution in [3.8, 4) is 0 Å². The Morgan fingerprint density at radius 1 is 1.29 bits per heavy atom. The molecule has 2 aromatic carbocycles. The van der Waals surface area contributed by atoms with Gasteiger partial charge in [0.05, 0.1) is 11.0 Å². The number of aryl methyl sites for hydroxylation is 1. The van der Waals surface area contributed by atoms with Crippen LogP contribution in [0.3, 0.4) is 0 Å². The van der Waals surface area contributed by atoms with Gasteiger partial charge >= 0.3 is 0 Å². The summed E-state index contributed by atoms with van der Waals surface area (Å²) in [6.45, 7) is 2.05. The van der Waals surface area contributed by atoms with Gasteiger partial charge in [0.2, 0.25) is 0 Å². The minimum Gasteiger partial charge on any atom is -0.333 e.